The molecule has 2 aromatic carbocycles. The number of allylic oxidation sites excluding steroid dienone is 1. The molecule has 0 fully saturated rings. The van der Waals surface area contributed by atoms with Crippen LogP contribution >= 0.6 is 11.6 Å². The van der Waals surface area contributed by atoms with E-state index < -0.39 is 0 Å². The van der Waals surface area contributed by atoms with Crippen molar-refractivity contribution >= 4 is 23.5 Å². The van der Waals surface area contributed by atoms with Crippen molar-refractivity contribution < 1.29 is 24.1 Å². The fraction of sp³-hybridized carbons (Fsp3) is 0.167. The van der Waals surface area contributed by atoms with Gasteiger partial charge in [0.15, 0.2) is 28.8 Å². The maximum Gasteiger partial charge on any atom is 0.187 e. The Balaban J connectivity index is 2.28. The molecule has 0 bridgehead atoms. The molecule has 0 amide bonds. The Kier molecular flexibility index (Phi) is 5.71. The van der Waals surface area contributed by atoms with Crippen LogP contribution in [0.2, 0.25) is 5.02 Å². The first kappa shape index (κ1) is 17.7. The quantitative estimate of drug-likeness (QED) is 0.632. The highest BCUT2D eigenvalue weighted by Gasteiger charge is 2.14. The SMILES string of the molecule is COc1ccc(C=CC(=O)c2cc(OC)c(OC)cc2Cl)cc1O. The Bertz CT molecular complexity index is 783. The number of aromatic hydroxyl groups is 1. The number of halogens is 1. The van der Waals surface area contributed by atoms with Gasteiger partial charge in [-0.1, -0.05) is 23.7 Å². The molecule has 0 radical (unpaired) electrons. The Morgan fingerprint density at radius 3 is 2.21 bits per heavy atom. The molecule has 0 aliphatic rings. The van der Waals surface area contributed by atoms with Gasteiger partial charge in [0.2, 0.25) is 0 Å². The predicted octanol–water partition coefficient (Wildman–Crippen LogP) is 3.97. The van der Waals surface area contributed by atoms with Crippen LogP contribution in [-0.4, -0.2) is 32.2 Å². The third-order valence-corrected chi connectivity index (χ3v) is 3.68. The molecule has 24 heavy (non-hydrogen) atoms. The molecule has 0 atom stereocenters. The fourth-order valence-electron chi connectivity index (χ4n) is 2.12. The van der Waals surface area contributed by atoms with Crippen molar-refractivity contribution in [2.75, 3.05) is 21.3 Å². The lowest BCUT2D eigenvalue weighted by atomic mass is 10.1. The number of carbonyl (C=O) groups is 1. The summed E-state index contributed by atoms with van der Waals surface area (Å²) in [5, 5.41) is 10.0. The van der Waals surface area contributed by atoms with Gasteiger partial charge in [0, 0.05) is 11.6 Å². The molecule has 0 heterocycles. The minimum Gasteiger partial charge on any atom is -0.504 e. The molecule has 0 spiro atoms. The zero-order chi connectivity index (χ0) is 17.7. The normalized spacial score (nSPS) is 10.7. The van der Waals surface area contributed by atoms with Gasteiger partial charge in [0.25, 0.3) is 0 Å². The first-order valence-electron chi connectivity index (χ1n) is 7.01. The van der Waals surface area contributed by atoms with E-state index in [0.717, 1.165) is 0 Å². The van der Waals surface area contributed by atoms with Crippen LogP contribution in [-0.2, 0) is 0 Å². The van der Waals surface area contributed by atoms with Gasteiger partial charge in [-0.25, -0.2) is 0 Å². The second kappa shape index (κ2) is 7.75. The summed E-state index contributed by atoms with van der Waals surface area (Å²) >= 11 is 6.13. The van der Waals surface area contributed by atoms with E-state index in [1.807, 2.05) is 0 Å². The van der Waals surface area contributed by atoms with Gasteiger partial charge in [-0.05, 0) is 29.8 Å². The van der Waals surface area contributed by atoms with Crippen molar-refractivity contribution in [1.82, 2.24) is 0 Å². The highest BCUT2D eigenvalue weighted by molar-refractivity contribution is 6.35. The first-order chi connectivity index (χ1) is 11.5. The number of hydrogen-bond donors (Lipinski definition) is 1. The average molecular weight is 349 g/mol. The number of ether oxygens (including phenoxy) is 3. The van der Waals surface area contributed by atoms with E-state index in [1.165, 1.54) is 45.6 Å². The zero-order valence-corrected chi connectivity index (χ0v) is 14.3. The van der Waals surface area contributed by atoms with E-state index in [9.17, 15) is 9.90 Å². The fourth-order valence-corrected chi connectivity index (χ4v) is 2.36. The van der Waals surface area contributed by atoms with Gasteiger partial charge >= 0.3 is 0 Å². The number of methoxy groups -OCH3 is 3. The molecule has 5 nitrogen and oxygen atoms in total. The molecule has 126 valence electrons. The smallest absolute Gasteiger partial charge is 0.187 e. The topological polar surface area (TPSA) is 65.0 Å². The van der Waals surface area contributed by atoms with Gasteiger partial charge in [-0.2, -0.15) is 0 Å². The van der Waals surface area contributed by atoms with Gasteiger partial charge in [0.05, 0.1) is 26.4 Å². The van der Waals surface area contributed by atoms with Crippen LogP contribution in [0.15, 0.2) is 36.4 Å². The van der Waals surface area contributed by atoms with Gasteiger partial charge in [-0.3, -0.25) is 4.79 Å². The molecule has 1 N–H and O–H groups in total. The number of phenolic OH excluding ortho intramolecular Hbond substituents is 1. The lowest BCUT2D eigenvalue weighted by molar-refractivity contribution is 0.104. The predicted molar refractivity (Wildman–Crippen MR) is 92.6 cm³/mol. The standard InChI is InChI=1S/C18H17ClO5/c1-22-16-7-5-11(8-15(16)21)4-6-14(20)12-9-17(23-2)18(24-3)10-13(12)19/h4-10,21H,1-3H3. The molecule has 0 aromatic heterocycles. The molecule has 0 aliphatic carbocycles. The van der Waals surface area contributed by atoms with Crippen LogP contribution in [0.25, 0.3) is 6.08 Å². The number of hydrogen-bond acceptors (Lipinski definition) is 5. The Labute approximate surface area is 145 Å². The largest absolute Gasteiger partial charge is 0.504 e. The maximum absolute atomic E-state index is 12.4. The van der Waals surface area contributed by atoms with Gasteiger partial charge < -0.3 is 19.3 Å². The molecule has 2 aromatic rings. The van der Waals surface area contributed by atoms with Crippen molar-refractivity contribution in [2.24, 2.45) is 0 Å². The number of carbonyl (C=O) groups excluding carboxylic acids is 1. The third-order valence-electron chi connectivity index (χ3n) is 3.37. The van der Waals surface area contributed by atoms with E-state index in [1.54, 1.807) is 18.2 Å². The Hall–Kier alpha value is -2.66. The summed E-state index contributed by atoms with van der Waals surface area (Å²) < 4.78 is 15.3. The number of benzene rings is 2. The van der Waals surface area contributed by atoms with E-state index in [0.29, 0.717) is 28.4 Å². The molecule has 6 heteroatoms. The van der Waals surface area contributed by atoms with Crippen LogP contribution in [0.1, 0.15) is 15.9 Å². The van der Waals surface area contributed by atoms with Crippen molar-refractivity contribution in [1.29, 1.82) is 0 Å². The second-order valence-electron chi connectivity index (χ2n) is 4.82. The van der Waals surface area contributed by atoms with Crippen LogP contribution in [0.3, 0.4) is 0 Å². The molecule has 2 rings (SSSR count). The minimum absolute atomic E-state index is 0.00347. The van der Waals surface area contributed by atoms with E-state index in [4.69, 9.17) is 25.8 Å². The average Bonchev–Trinajstić information content (AvgIpc) is 2.59. The molecular weight excluding hydrogens is 332 g/mol. The highest BCUT2D eigenvalue weighted by atomic mass is 35.5. The summed E-state index contributed by atoms with van der Waals surface area (Å²) in [6, 6.07) is 7.89. The Morgan fingerprint density at radius 1 is 1.00 bits per heavy atom. The minimum atomic E-state index is -0.295. The van der Waals surface area contributed by atoms with Gasteiger partial charge in [0.1, 0.15) is 0 Å². The summed E-state index contributed by atoms with van der Waals surface area (Å²) in [7, 11) is 4.44. The van der Waals surface area contributed by atoms with Gasteiger partial charge in [-0.15, -0.1) is 0 Å². The summed E-state index contributed by atoms with van der Waals surface area (Å²) in [6.45, 7) is 0. The maximum atomic E-state index is 12.4. The molecule has 0 aliphatic heterocycles. The summed E-state index contributed by atoms with van der Waals surface area (Å²) in [5.74, 6) is 0.928. The lowest BCUT2D eigenvalue weighted by Crippen LogP contribution is -1.99. The Morgan fingerprint density at radius 2 is 1.62 bits per heavy atom. The van der Waals surface area contributed by atoms with Crippen molar-refractivity contribution in [2.45, 2.75) is 0 Å². The molecule has 0 unspecified atom stereocenters. The molecule has 0 saturated heterocycles. The van der Waals surface area contributed by atoms with E-state index >= 15 is 0 Å². The highest BCUT2D eigenvalue weighted by Crippen LogP contribution is 2.33. The summed E-state index contributed by atoms with van der Waals surface area (Å²) in [6.07, 6.45) is 2.95. The number of rotatable bonds is 6. The van der Waals surface area contributed by atoms with Crippen LogP contribution in [0.5, 0.6) is 23.0 Å². The second-order valence-corrected chi connectivity index (χ2v) is 5.22. The zero-order valence-electron chi connectivity index (χ0n) is 13.5. The first-order valence-corrected chi connectivity index (χ1v) is 7.39. The van der Waals surface area contributed by atoms with Crippen molar-refractivity contribution in [3.63, 3.8) is 0 Å². The van der Waals surface area contributed by atoms with Crippen molar-refractivity contribution in [3.8, 4) is 23.0 Å². The van der Waals surface area contributed by atoms with Crippen molar-refractivity contribution in [3.05, 3.63) is 52.6 Å². The van der Waals surface area contributed by atoms with Crippen LogP contribution < -0.4 is 14.2 Å². The van der Waals surface area contributed by atoms with E-state index in [2.05, 4.69) is 0 Å². The molecular formula is C18H17ClO5. The summed E-state index contributed by atoms with van der Waals surface area (Å²) in [5.41, 5.74) is 0.946. The summed E-state index contributed by atoms with van der Waals surface area (Å²) in [4.78, 5) is 12.4. The van der Waals surface area contributed by atoms with Crippen LogP contribution in [0.4, 0.5) is 0 Å². The van der Waals surface area contributed by atoms with E-state index in [-0.39, 0.29) is 16.6 Å². The lowest BCUT2D eigenvalue weighted by Gasteiger charge is -2.10. The van der Waals surface area contributed by atoms with Crippen LogP contribution in [0, 0.1) is 0 Å². The third kappa shape index (κ3) is 3.81. The number of phenols is 1. The molecule has 0 saturated carbocycles. The monoisotopic (exact) mass is 348 g/mol. The number of ketones is 1.